The van der Waals surface area contributed by atoms with Gasteiger partial charge in [0.1, 0.15) is 12.1 Å². The molecule has 332 valence electrons. The van der Waals surface area contributed by atoms with Crippen molar-refractivity contribution in [2.24, 2.45) is 0 Å². The number of carbonyl (C=O) groups is 6. The fourth-order valence-corrected chi connectivity index (χ4v) is 5.50. The van der Waals surface area contributed by atoms with Gasteiger partial charge in [0.15, 0.2) is 22.3 Å². The first kappa shape index (κ1) is 49.3. The number of benzene rings is 2. The number of fused-ring (bicyclic) bond motifs is 2. The van der Waals surface area contributed by atoms with Gasteiger partial charge in [-0.3, -0.25) is 29.1 Å². The molecular weight excluding hydrogens is 869 g/mol. The molecule has 2 atom stereocenters. The van der Waals surface area contributed by atoms with Crippen LogP contribution in [-0.4, -0.2) is 121 Å². The van der Waals surface area contributed by atoms with E-state index in [0.29, 0.717) is 22.8 Å². The van der Waals surface area contributed by atoms with Crippen LogP contribution in [0, 0.1) is 0 Å². The number of aromatic amines is 2. The molecule has 27 heteroatoms. The number of carboxylic acids is 4. The molecule has 2 unspecified atom stereocenters. The number of nitrogen functional groups attached to an aromatic ring is 2. The molecule has 12 N–H and O–H groups in total. The number of aromatic nitrogens is 8. The Morgan fingerprint density at radius 2 is 0.954 bits per heavy atom. The molecule has 0 saturated heterocycles. The SMILES string of the molecule is Nc1nc2ncc(CNc3ccc(C(=O)NC(CCC(=O)[O-])C(=O)O)cc3)nc2c(=O)[nH]1.Nc1nc2ncc(CNc3ccc(C(=O)NC(CCC(=O)[O-])C(=O)O)cc3)nc2c(=O)[nH]1.[Mg+2]. The van der Waals surface area contributed by atoms with Gasteiger partial charge >= 0.3 is 35.0 Å². The average Bonchev–Trinajstić information content (AvgIpc) is 3.25. The van der Waals surface area contributed by atoms with Crippen molar-refractivity contribution in [1.82, 2.24) is 50.5 Å². The quantitative estimate of drug-likeness (QED) is 0.0381. The van der Waals surface area contributed by atoms with Crippen molar-refractivity contribution in [2.75, 3.05) is 22.1 Å². The molecule has 26 nitrogen and oxygen atoms in total. The summed E-state index contributed by atoms with van der Waals surface area (Å²) in [5.41, 5.74) is 12.9. The summed E-state index contributed by atoms with van der Waals surface area (Å²) in [5.74, 6) is -6.91. The fourth-order valence-electron chi connectivity index (χ4n) is 5.50. The number of carboxylic acid groups (broad SMARTS) is 4. The van der Waals surface area contributed by atoms with E-state index in [1.54, 1.807) is 24.3 Å². The zero-order valence-corrected chi connectivity index (χ0v) is 35.1. The van der Waals surface area contributed by atoms with Crippen molar-refractivity contribution in [1.29, 1.82) is 0 Å². The summed E-state index contributed by atoms with van der Waals surface area (Å²) >= 11 is 0. The first-order valence-electron chi connectivity index (χ1n) is 18.6. The average molecular weight is 905 g/mol. The second-order valence-electron chi connectivity index (χ2n) is 13.4. The van der Waals surface area contributed by atoms with Crippen LogP contribution in [-0.2, 0) is 32.3 Å². The fraction of sp³-hybridized carbons (Fsp3) is 0.211. The Morgan fingerprint density at radius 3 is 1.28 bits per heavy atom. The van der Waals surface area contributed by atoms with E-state index in [1.807, 2.05) is 0 Å². The number of amides is 2. The number of anilines is 4. The first-order valence-corrected chi connectivity index (χ1v) is 18.6. The maximum absolute atomic E-state index is 12.3. The van der Waals surface area contributed by atoms with Crippen LogP contribution in [0.5, 0.6) is 0 Å². The van der Waals surface area contributed by atoms with Crippen molar-refractivity contribution in [3.05, 3.63) is 104 Å². The van der Waals surface area contributed by atoms with Gasteiger partial charge in [0.25, 0.3) is 22.9 Å². The number of nitrogens with one attached hydrogen (secondary N) is 6. The molecule has 65 heavy (non-hydrogen) atoms. The molecule has 2 amide bonds. The number of nitrogens with zero attached hydrogens (tertiary/aromatic N) is 6. The molecule has 0 fully saturated rings. The second kappa shape index (κ2) is 22.7. The summed E-state index contributed by atoms with van der Waals surface area (Å²) in [6, 6.07) is 9.56. The van der Waals surface area contributed by atoms with E-state index < -0.39 is 71.7 Å². The molecule has 0 aliphatic heterocycles. The van der Waals surface area contributed by atoms with Crippen molar-refractivity contribution < 1.29 is 49.2 Å². The minimum atomic E-state index is -1.40. The van der Waals surface area contributed by atoms with Gasteiger partial charge in [0.2, 0.25) is 11.9 Å². The van der Waals surface area contributed by atoms with Crippen LogP contribution < -0.4 is 54.1 Å². The van der Waals surface area contributed by atoms with E-state index in [9.17, 15) is 48.6 Å². The summed E-state index contributed by atoms with van der Waals surface area (Å²) in [6.07, 6.45) is 1.32. The van der Waals surface area contributed by atoms with Gasteiger partial charge in [0, 0.05) is 34.4 Å². The van der Waals surface area contributed by atoms with Crippen molar-refractivity contribution >= 4 is 104 Å². The van der Waals surface area contributed by atoms with Gasteiger partial charge in [-0.2, -0.15) is 9.97 Å². The Labute approximate surface area is 379 Å². The Morgan fingerprint density at radius 1 is 0.600 bits per heavy atom. The predicted molar refractivity (Wildman–Crippen MR) is 224 cm³/mol. The number of nitrogens with two attached hydrogens (primary N) is 2. The zero-order chi connectivity index (χ0) is 46.5. The molecule has 6 rings (SSSR count). The summed E-state index contributed by atoms with van der Waals surface area (Å²) < 4.78 is 0. The molecule has 0 saturated carbocycles. The van der Waals surface area contributed by atoms with Gasteiger partial charge in [-0.15, -0.1) is 0 Å². The van der Waals surface area contributed by atoms with E-state index in [-0.39, 0.29) is 94.3 Å². The van der Waals surface area contributed by atoms with Crippen LogP contribution >= 0.6 is 0 Å². The Hall–Kier alpha value is -8.33. The van der Waals surface area contributed by atoms with E-state index in [2.05, 4.69) is 61.1 Å². The van der Waals surface area contributed by atoms with Crippen molar-refractivity contribution in [2.45, 2.75) is 50.9 Å². The van der Waals surface area contributed by atoms with Crippen LogP contribution in [0.15, 0.2) is 70.5 Å². The molecule has 6 aromatic rings. The Balaban J connectivity index is 0.000000280. The van der Waals surface area contributed by atoms with Crippen molar-refractivity contribution in [3.63, 3.8) is 0 Å². The largest absolute Gasteiger partial charge is 2.00 e. The van der Waals surface area contributed by atoms with Crippen LogP contribution in [0.2, 0.25) is 0 Å². The normalized spacial score (nSPS) is 11.4. The molecule has 2 aromatic carbocycles. The minimum absolute atomic E-state index is 0. The summed E-state index contributed by atoms with van der Waals surface area (Å²) in [6.45, 7) is 0.450. The number of hydrogen-bond donors (Lipinski definition) is 10. The van der Waals surface area contributed by atoms with Crippen molar-refractivity contribution in [3.8, 4) is 0 Å². The number of H-pyrrole nitrogens is 2. The van der Waals surface area contributed by atoms with Gasteiger partial charge in [-0.05, 0) is 74.2 Å². The zero-order valence-electron chi connectivity index (χ0n) is 33.7. The van der Waals surface area contributed by atoms with Gasteiger partial charge in [0.05, 0.1) is 36.9 Å². The van der Waals surface area contributed by atoms with Gasteiger partial charge < -0.3 is 62.7 Å². The van der Waals surface area contributed by atoms with Crippen LogP contribution in [0.1, 0.15) is 57.8 Å². The molecular formula is C38H36MgN14O12. The number of hydrogen-bond acceptors (Lipinski definition) is 20. The van der Waals surface area contributed by atoms with Gasteiger partial charge in [-0.1, -0.05) is 0 Å². The van der Waals surface area contributed by atoms with Crippen LogP contribution in [0.4, 0.5) is 23.3 Å². The Kier molecular flexibility index (Phi) is 17.2. The van der Waals surface area contributed by atoms with E-state index >= 15 is 0 Å². The third kappa shape index (κ3) is 14.4. The molecule has 0 bridgehead atoms. The maximum Gasteiger partial charge on any atom is 2.00 e. The monoisotopic (exact) mass is 904 g/mol. The third-order valence-corrected chi connectivity index (χ3v) is 8.69. The second-order valence-corrected chi connectivity index (χ2v) is 13.4. The van der Waals surface area contributed by atoms with Gasteiger partial charge in [-0.25, -0.2) is 29.5 Å². The van der Waals surface area contributed by atoms with Crippen LogP contribution in [0.25, 0.3) is 22.3 Å². The Bertz CT molecular complexity index is 2650. The number of aliphatic carboxylic acids is 4. The third-order valence-electron chi connectivity index (χ3n) is 8.69. The molecule has 0 aliphatic carbocycles. The summed E-state index contributed by atoms with van der Waals surface area (Å²) in [4.78, 5) is 121. The van der Waals surface area contributed by atoms with E-state index in [4.69, 9.17) is 21.7 Å². The topological polar surface area (TPSA) is 432 Å². The minimum Gasteiger partial charge on any atom is -0.550 e. The summed E-state index contributed by atoms with van der Waals surface area (Å²) in [5, 5.41) is 49.9. The van der Waals surface area contributed by atoms with Crippen LogP contribution in [0.3, 0.4) is 0 Å². The predicted octanol–water partition coefficient (Wildman–Crippen LogP) is -3.14. The van der Waals surface area contributed by atoms with E-state index in [1.165, 1.54) is 36.7 Å². The molecule has 4 aromatic heterocycles. The maximum atomic E-state index is 12.3. The van der Waals surface area contributed by atoms with E-state index in [0.717, 1.165) is 0 Å². The standard InChI is InChI=1S/2C19H19N7O6.Mg/c2*20-19-25-15-14(17(30)26-19)23-11(8-22-15)7-21-10-3-1-9(2-4-10)16(29)24-12(18(31)32)5-6-13(27)28;/h2*1-4,8,12,21H,5-7H2,(H,24,29)(H,27,28)(H,31,32)(H3,20,22,25,26,30);/q;;+2/p-2. The number of carbonyl (C=O) groups excluding carboxylic acids is 4. The smallest absolute Gasteiger partial charge is 0.550 e. The number of rotatable bonds is 18. The summed E-state index contributed by atoms with van der Waals surface area (Å²) in [7, 11) is 0. The molecule has 4 heterocycles. The first-order chi connectivity index (χ1) is 30.4. The molecule has 0 aliphatic rings. The molecule has 0 radical (unpaired) electrons. The molecule has 0 spiro atoms.